The van der Waals surface area contributed by atoms with Crippen LogP contribution in [0.3, 0.4) is 0 Å². The van der Waals surface area contributed by atoms with Crippen LogP contribution >= 0.6 is 23.7 Å². The van der Waals surface area contributed by atoms with E-state index in [9.17, 15) is 4.39 Å². The van der Waals surface area contributed by atoms with Gasteiger partial charge in [0.1, 0.15) is 18.2 Å². The molecule has 21 heavy (non-hydrogen) atoms. The number of nitrogens with two attached hydrogens (primary N) is 1. The minimum Gasteiger partial charge on any atom is -0.487 e. The van der Waals surface area contributed by atoms with Crippen molar-refractivity contribution < 1.29 is 9.13 Å². The van der Waals surface area contributed by atoms with Crippen molar-refractivity contribution in [1.29, 1.82) is 0 Å². The Labute approximate surface area is 134 Å². The second kappa shape index (κ2) is 8.12. The Balaban J connectivity index is 0.00000220. The normalized spacial score (nSPS) is 11.1. The third kappa shape index (κ3) is 4.81. The molecule has 0 radical (unpaired) electrons. The summed E-state index contributed by atoms with van der Waals surface area (Å²) >= 11 is 1.62. The molecular formula is C15H18ClFN2OS. The van der Waals surface area contributed by atoms with Crippen molar-refractivity contribution in [3.8, 4) is 17.0 Å². The minimum absolute atomic E-state index is 0. The van der Waals surface area contributed by atoms with Crippen molar-refractivity contribution in [2.75, 3.05) is 13.2 Å². The van der Waals surface area contributed by atoms with Crippen molar-refractivity contribution in [2.24, 2.45) is 5.73 Å². The predicted octanol–water partition coefficient (Wildman–Crippen LogP) is 4.04. The molecule has 0 saturated carbocycles. The van der Waals surface area contributed by atoms with Crippen LogP contribution in [0.25, 0.3) is 11.3 Å². The molecule has 0 fully saturated rings. The van der Waals surface area contributed by atoms with Crippen molar-refractivity contribution in [3.63, 3.8) is 0 Å². The van der Waals surface area contributed by atoms with E-state index in [-0.39, 0.29) is 31.4 Å². The first-order valence-electron chi connectivity index (χ1n) is 6.30. The molecule has 1 heterocycles. The lowest BCUT2D eigenvalue weighted by atomic mass is 10.1. The van der Waals surface area contributed by atoms with E-state index in [2.05, 4.69) is 4.98 Å². The number of hydrogen-bond acceptors (Lipinski definition) is 4. The van der Waals surface area contributed by atoms with Crippen LogP contribution in [0.1, 0.15) is 10.6 Å². The van der Waals surface area contributed by atoms with E-state index in [1.807, 2.05) is 37.4 Å². The highest BCUT2D eigenvalue weighted by Crippen LogP contribution is 2.28. The third-order valence-electron chi connectivity index (χ3n) is 2.81. The summed E-state index contributed by atoms with van der Waals surface area (Å²) < 4.78 is 18.6. The van der Waals surface area contributed by atoms with Gasteiger partial charge in [0.05, 0.1) is 10.7 Å². The molecule has 2 rings (SSSR count). The molecule has 0 amide bonds. The molecule has 0 unspecified atom stereocenters. The maximum absolute atomic E-state index is 13.2. The molecule has 3 nitrogen and oxygen atoms in total. The SMILES string of the molecule is Cc1nc(-c2ccc(OC/C(F)=C\CN)cc2C)cs1.Cl. The Kier molecular flexibility index (Phi) is 6.81. The number of nitrogens with zero attached hydrogens (tertiary/aromatic N) is 1. The zero-order valence-electron chi connectivity index (χ0n) is 11.9. The Morgan fingerprint density at radius 2 is 2.19 bits per heavy atom. The van der Waals surface area contributed by atoms with Crippen LogP contribution in [-0.4, -0.2) is 18.1 Å². The van der Waals surface area contributed by atoms with Gasteiger partial charge >= 0.3 is 0 Å². The van der Waals surface area contributed by atoms with Gasteiger partial charge in [-0.15, -0.1) is 23.7 Å². The molecule has 0 aliphatic heterocycles. The number of rotatable bonds is 5. The maximum Gasteiger partial charge on any atom is 0.139 e. The van der Waals surface area contributed by atoms with Gasteiger partial charge in [-0.2, -0.15) is 0 Å². The standard InChI is InChI=1S/C15H17FN2OS.ClH/c1-10-7-13(19-8-12(16)5-6-17)3-4-14(10)15-9-20-11(2)18-15;/h3-5,7,9H,6,8,17H2,1-2H3;1H/b12-5+;. The molecule has 1 aromatic carbocycles. The zero-order chi connectivity index (χ0) is 14.5. The highest BCUT2D eigenvalue weighted by Gasteiger charge is 2.07. The van der Waals surface area contributed by atoms with E-state index in [4.69, 9.17) is 10.5 Å². The van der Waals surface area contributed by atoms with Crippen molar-refractivity contribution >= 4 is 23.7 Å². The van der Waals surface area contributed by atoms with Crippen LogP contribution in [0.2, 0.25) is 0 Å². The van der Waals surface area contributed by atoms with Crippen LogP contribution in [0.4, 0.5) is 4.39 Å². The van der Waals surface area contributed by atoms with Gasteiger partial charge in [0.15, 0.2) is 0 Å². The van der Waals surface area contributed by atoms with E-state index in [0.29, 0.717) is 5.75 Å². The van der Waals surface area contributed by atoms with Gasteiger partial charge < -0.3 is 10.5 Å². The number of benzene rings is 1. The minimum atomic E-state index is -0.357. The first-order valence-corrected chi connectivity index (χ1v) is 7.18. The highest BCUT2D eigenvalue weighted by molar-refractivity contribution is 7.09. The summed E-state index contributed by atoms with van der Waals surface area (Å²) in [7, 11) is 0. The van der Waals surface area contributed by atoms with Gasteiger partial charge in [-0.1, -0.05) is 0 Å². The fourth-order valence-electron chi connectivity index (χ4n) is 1.84. The van der Waals surface area contributed by atoms with Gasteiger partial charge in [0.25, 0.3) is 0 Å². The largest absolute Gasteiger partial charge is 0.487 e. The average molecular weight is 329 g/mol. The monoisotopic (exact) mass is 328 g/mol. The molecule has 0 aliphatic rings. The predicted molar refractivity (Wildman–Crippen MR) is 88.0 cm³/mol. The summed E-state index contributed by atoms with van der Waals surface area (Å²) in [5.41, 5.74) is 8.32. The molecule has 6 heteroatoms. The molecule has 0 bridgehead atoms. The molecular weight excluding hydrogens is 311 g/mol. The van der Waals surface area contributed by atoms with Gasteiger partial charge in [-0.3, -0.25) is 0 Å². The molecule has 0 aliphatic carbocycles. The fraction of sp³-hybridized carbons (Fsp3) is 0.267. The molecule has 0 spiro atoms. The van der Waals surface area contributed by atoms with E-state index in [1.165, 1.54) is 6.08 Å². The summed E-state index contributed by atoms with van der Waals surface area (Å²) in [6, 6.07) is 5.66. The van der Waals surface area contributed by atoms with Gasteiger partial charge in [-0.05, 0) is 43.7 Å². The summed E-state index contributed by atoms with van der Waals surface area (Å²) in [5, 5.41) is 3.07. The molecule has 0 saturated heterocycles. The van der Waals surface area contributed by atoms with Crippen molar-refractivity contribution in [2.45, 2.75) is 13.8 Å². The maximum atomic E-state index is 13.2. The van der Waals surface area contributed by atoms with E-state index < -0.39 is 0 Å². The number of ether oxygens (including phenoxy) is 1. The zero-order valence-corrected chi connectivity index (χ0v) is 13.6. The van der Waals surface area contributed by atoms with Crippen LogP contribution < -0.4 is 10.5 Å². The van der Waals surface area contributed by atoms with Crippen LogP contribution in [0.15, 0.2) is 35.5 Å². The van der Waals surface area contributed by atoms with Crippen LogP contribution in [0, 0.1) is 13.8 Å². The number of hydrogen-bond donors (Lipinski definition) is 1. The first-order chi connectivity index (χ1) is 9.60. The highest BCUT2D eigenvalue weighted by atomic mass is 35.5. The molecule has 1 aromatic heterocycles. The second-order valence-electron chi connectivity index (χ2n) is 4.40. The van der Waals surface area contributed by atoms with Crippen LogP contribution in [0.5, 0.6) is 5.75 Å². The average Bonchev–Trinajstić information content (AvgIpc) is 2.83. The second-order valence-corrected chi connectivity index (χ2v) is 5.47. The lowest BCUT2D eigenvalue weighted by molar-refractivity contribution is 0.318. The Bertz CT molecular complexity index is 628. The summed E-state index contributed by atoms with van der Waals surface area (Å²) in [6.07, 6.45) is 1.30. The van der Waals surface area contributed by atoms with E-state index in [0.717, 1.165) is 21.8 Å². The molecule has 114 valence electrons. The fourth-order valence-corrected chi connectivity index (χ4v) is 2.45. The molecule has 2 aromatic rings. The summed E-state index contributed by atoms with van der Waals surface area (Å²) in [5.74, 6) is 0.281. The topological polar surface area (TPSA) is 48.1 Å². The van der Waals surface area contributed by atoms with Crippen LogP contribution in [-0.2, 0) is 0 Å². The lowest BCUT2D eigenvalue weighted by Gasteiger charge is -2.08. The number of thiazole rings is 1. The lowest BCUT2D eigenvalue weighted by Crippen LogP contribution is -2.01. The Hall–Kier alpha value is -1.43. The third-order valence-corrected chi connectivity index (χ3v) is 3.58. The van der Waals surface area contributed by atoms with Crippen molar-refractivity contribution in [3.05, 3.63) is 46.1 Å². The summed E-state index contributed by atoms with van der Waals surface area (Å²) in [4.78, 5) is 4.46. The number of aromatic nitrogens is 1. The van der Waals surface area contributed by atoms with E-state index in [1.54, 1.807) is 11.3 Å². The van der Waals surface area contributed by atoms with Gasteiger partial charge in [0.2, 0.25) is 0 Å². The quantitative estimate of drug-likeness (QED) is 0.901. The summed E-state index contributed by atoms with van der Waals surface area (Å²) in [6.45, 7) is 4.05. The van der Waals surface area contributed by atoms with Gasteiger partial charge in [-0.25, -0.2) is 9.37 Å². The molecule has 2 N–H and O–H groups in total. The van der Waals surface area contributed by atoms with Crippen molar-refractivity contribution in [1.82, 2.24) is 4.98 Å². The number of aryl methyl sites for hydroxylation is 2. The molecule has 0 atom stereocenters. The Morgan fingerprint density at radius 1 is 1.43 bits per heavy atom. The first kappa shape index (κ1) is 17.6. The number of halogens is 2. The Morgan fingerprint density at radius 3 is 2.76 bits per heavy atom. The smallest absolute Gasteiger partial charge is 0.139 e. The van der Waals surface area contributed by atoms with E-state index >= 15 is 0 Å². The van der Waals surface area contributed by atoms with Gasteiger partial charge in [0, 0.05) is 17.5 Å².